The van der Waals surface area contributed by atoms with Gasteiger partial charge in [0.25, 0.3) is 0 Å². The molecule has 0 bridgehead atoms. The van der Waals surface area contributed by atoms with Crippen molar-refractivity contribution in [2.45, 2.75) is 6.42 Å². The zero-order chi connectivity index (χ0) is 12.9. The molecule has 1 aliphatic carbocycles. The zero-order valence-electron chi connectivity index (χ0n) is 10.4. The molecule has 0 aromatic carbocycles. The lowest BCUT2D eigenvalue weighted by Gasteiger charge is -2.16. The topological polar surface area (TPSA) is 38.1 Å². The fraction of sp³-hybridized carbons (Fsp3) is 0.0625. The first-order valence-electron chi connectivity index (χ1n) is 6.17. The van der Waals surface area contributed by atoms with Gasteiger partial charge in [0, 0.05) is 30.6 Å². The molecule has 0 fully saturated rings. The molecule has 19 heavy (non-hydrogen) atoms. The maximum Gasteiger partial charge on any atom is 0.116 e. The summed E-state index contributed by atoms with van der Waals surface area (Å²) in [6.45, 7) is 0. The molecule has 2 heterocycles. The zero-order valence-corrected chi connectivity index (χ0v) is 10.4. The van der Waals surface area contributed by atoms with Crippen LogP contribution in [0.1, 0.15) is 11.3 Å². The average molecular weight is 247 g/mol. The highest BCUT2D eigenvalue weighted by Gasteiger charge is 2.13. The number of nitrogens with zero attached hydrogens (tertiary/aromatic N) is 3. The van der Waals surface area contributed by atoms with Gasteiger partial charge in [0.1, 0.15) is 6.33 Å². The van der Waals surface area contributed by atoms with Crippen molar-refractivity contribution in [1.82, 2.24) is 9.97 Å². The fourth-order valence-corrected chi connectivity index (χ4v) is 2.07. The van der Waals surface area contributed by atoms with Crippen molar-refractivity contribution < 1.29 is 0 Å². The first-order chi connectivity index (χ1) is 9.43. The van der Waals surface area contributed by atoms with Crippen molar-refractivity contribution in [2.75, 3.05) is 0 Å². The van der Waals surface area contributed by atoms with E-state index in [4.69, 9.17) is 0 Å². The lowest BCUT2D eigenvalue weighted by molar-refractivity contribution is 1.03. The molecule has 0 radical (unpaired) electrons. The molecule has 1 aliphatic heterocycles. The molecule has 0 saturated heterocycles. The molecule has 0 atom stereocenters. The number of aromatic nitrogens is 2. The molecule has 0 saturated carbocycles. The smallest absolute Gasteiger partial charge is 0.116 e. The van der Waals surface area contributed by atoms with Crippen LogP contribution in [0.3, 0.4) is 0 Å². The third kappa shape index (κ3) is 2.65. The van der Waals surface area contributed by atoms with Crippen molar-refractivity contribution in [1.29, 1.82) is 0 Å². The predicted molar refractivity (Wildman–Crippen MR) is 77.7 cm³/mol. The second-order valence-corrected chi connectivity index (χ2v) is 4.29. The van der Waals surface area contributed by atoms with Gasteiger partial charge in [-0.2, -0.15) is 0 Å². The minimum absolute atomic E-state index is 0.851. The van der Waals surface area contributed by atoms with Crippen LogP contribution in [0.4, 0.5) is 0 Å². The van der Waals surface area contributed by atoms with Gasteiger partial charge in [-0.05, 0) is 29.4 Å². The fourth-order valence-electron chi connectivity index (χ4n) is 2.07. The summed E-state index contributed by atoms with van der Waals surface area (Å²) in [5, 5.41) is 0. The highest BCUT2D eigenvalue weighted by atomic mass is 14.8. The molecule has 92 valence electrons. The SMILES string of the molecule is C1=CC=NC=CC=C2Cc3cncnc3C=C2C=C1. The Hall–Kier alpha value is -2.55. The van der Waals surface area contributed by atoms with Crippen LogP contribution in [0.5, 0.6) is 0 Å². The van der Waals surface area contributed by atoms with Crippen molar-refractivity contribution >= 4 is 12.3 Å². The highest BCUT2D eigenvalue weighted by Crippen LogP contribution is 2.27. The van der Waals surface area contributed by atoms with E-state index in [-0.39, 0.29) is 0 Å². The Bertz CT molecular complexity index is 658. The second-order valence-electron chi connectivity index (χ2n) is 4.29. The van der Waals surface area contributed by atoms with Gasteiger partial charge in [-0.25, -0.2) is 9.97 Å². The molecule has 0 unspecified atom stereocenters. The van der Waals surface area contributed by atoms with Crippen molar-refractivity contribution in [3.63, 3.8) is 0 Å². The molecular formula is C16H13N3. The van der Waals surface area contributed by atoms with Crippen LogP contribution >= 0.6 is 0 Å². The van der Waals surface area contributed by atoms with E-state index >= 15 is 0 Å². The number of fused-ring (bicyclic) bond motifs is 2. The van der Waals surface area contributed by atoms with Crippen LogP contribution in [0.15, 0.2) is 71.3 Å². The van der Waals surface area contributed by atoms with Crippen molar-refractivity contribution in [2.24, 2.45) is 4.99 Å². The quantitative estimate of drug-likeness (QED) is 0.706. The van der Waals surface area contributed by atoms with E-state index in [1.807, 2.05) is 30.5 Å². The summed E-state index contributed by atoms with van der Waals surface area (Å²) in [5.41, 5.74) is 4.60. The number of hydrogen-bond acceptors (Lipinski definition) is 3. The third-order valence-electron chi connectivity index (χ3n) is 3.01. The molecule has 3 heteroatoms. The van der Waals surface area contributed by atoms with Crippen LogP contribution in [-0.2, 0) is 6.42 Å². The largest absolute Gasteiger partial charge is 0.265 e. The van der Waals surface area contributed by atoms with Gasteiger partial charge in [0.2, 0.25) is 0 Å². The Kier molecular flexibility index (Phi) is 3.28. The summed E-state index contributed by atoms with van der Waals surface area (Å²) >= 11 is 0. The Balaban J connectivity index is 2.07. The Morgan fingerprint density at radius 3 is 3.05 bits per heavy atom. The van der Waals surface area contributed by atoms with Gasteiger partial charge in [-0.1, -0.05) is 24.3 Å². The summed E-state index contributed by atoms with van der Waals surface area (Å²) in [4.78, 5) is 12.5. The number of aliphatic imine (C=N–C) groups is 1. The average Bonchev–Trinajstić information content (AvgIpc) is 2.49. The van der Waals surface area contributed by atoms with E-state index in [9.17, 15) is 0 Å². The van der Waals surface area contributed by atoms with Crippen LogP contribution in [0, 0.1) is 0 Å². The Morgan fingerprint density at radius 2 is 2.05 bits per heavy atom. The Morgan fingerprint density at radius 1 is 1.05 bits per heavy atom. The monoisotopic (exact) mass is 247 g/mol. The molecule has 0 spiro atoms. The minimum Gasteiger partial charge on any atom is -0.265 e. The van der Waals surface area contributed by atoms with Gasteiger partial charge < -0.3 is 0 Å². The molecule has 1 aromatic heterocycles. The van der Waals surface area contributed by atoms with E-state index in [0.29, 0.717) is 0 Å². The molecule has 3 rings (SSSR count). The first kappa shape index (κ1) is 11.5. The molecule has 1 aromatic rings. The van der Waals surface area contributed by atoms with Gasteiger partial charge in [0.15, 0.2) is 0 Å². The normalized spacial score (nSPS) is 17.1. The van der Waals surface area contributed by atoms with Crippen molar-refractivity contribution in [3.05, 3.63) is 77.6 Å². The lowest BCUT2D eigenvalue weighted by Crippen LogP contribution is -2.04. The van der Waals surface area contributed by atoms with E-state index in [0.717, 1.165) is 17.7 Å². The highest BCUT2D eigenvalue weighted by molar-refractivity contribution is 5.73. The van der Waals surface area contributed by atoms with E-state index in [1.165, 1.54) is 11.1 Å². The molecule has 0 amide bonds. The summed E-state index contributed by atoms with van der Waals surface area (Å²) in [6.07, 6.45) is 22.0. The molecule has 2 aliphatic rings. The molecule has 3 nitrogen and oxygen atoms in total. The Labute approximate surface area is 112 Å². The predicted octanol–water partition coefficient (Wildman–Crippen LogP) is 3.05. The van der Waals surface area contributed by atoms with Crippen LogP contribution in [0.2, 0.25) is 0 Å². The third-order valence-corrected chi connectivity index (χ3v) is 3.01. The van der Waals surface area contributed by atoms with Crippen molar-refractivity contribution in [3.8, 4) is 0 Å². The second kappa shape index (κ2) is 5.40. The van der Waals surface area contributed by atoms with Crippen LogP contribution in [-0.4, -0.2) is 16.2 Å². The summed E-state index contributed by atoms with van der Waals surface area (Å²) < 4.78 is 0. The molecular weight excluding hydrogens is 234 g/mol. The van der Waals surface area contributed by atoms with Gasteiger partial charge >= 0.3 is 0 Å². The maximum absolute atomic E-state index is 4.32. The van der Waals surface area contributed by atoms with Gasteiger partial charge in [-0.15, -0.1) is 0 Å². The van der Waals surface area contributed by atoms with E-state index in [2.05, 4.69) is 33.2 Å². The number of hydrogen-bond donors (Lipinski definition) is 0. The maximum atomic E-state index is 4.32. The number of allylic oxidation sites excluding steroid dienone is 8. The van der Waals surface area contributed by atoms with Gasteiger partial charge in [-0.3, -0.25) is 4.99 Å². The number of rotatable bonds is 0. The van der Waals surface area contributed by atoms with E-state index in [1.54, 1.807) is 18.7 Å². The summed E-state index contributed by atoms with van der Waals surface area (Å²) in [5.74, 6) is 0. The summed E-state index contributed by atoms with van der Waals surface area (Å²) in [7, 11) is 0. The standard InChI is InChI=1S/C16H13N3/c1-2-5-14-10-16-15(11-18-12-19-16)9-13(14)6-4-8-17-7-3-1/h1-8,10-12H,9H2. The van der Waals surface area contributed by atoms with Gasteiger partial charge in [0.05, 0.1) is 5.69 Å². The van der Waals surface area contributed by atoms with Crippen LogP contribution < -0.4 is 0 Å². The minimum atomic E-state index is 0.851. The lowest BCUT2D eigenvalue weighted by atomic mass is 9.91. The van der Waals surface area contributed by atoms with Crippen LogP contribution in [0.25, 0.3) is 6.08 Å². The van der Waals surface area contributed by atoms with E-state index < -0.39 is 0 Å². The first-order valence-corrected chi connectivity index (χ1v) is 6.17. The summed E-state index contributed by atoms with van der Waals surface area (Å²) in [6, 6.07) is 0. The molecule has 0 N–H and O–H groups in total.